The predicted octanol–water partition coefficient (Wildman–Crippen LogP) is 4.02. The standard InChI is InChI=1S/C24H32N2O3/c1-5-6-14-25-24(28)20(4)26(16-21-9-7-8-19(3)15-21)23(27)17-29-22-12-10-18(2)11-13-22/h7-13,15,20H,5-6,14,16-17H2,1-4H3,(H,25,28)/t20-/m0/s1. The van der Waals surface area contributed by atoms with E-state index >= 15 is 0 Å². The maximum absolute atomic E-state index is 13.0. The van der Waals surface area contributed by atoms with Crippen molar-refractivity contribution >= 4 is 11.8 Å². The van der Waals surface area contributed by atoms with Crippen LogP contribution in [0.1, 0.15) is 43.4 Å². The number of hydrogen-bond acceptors (Lipinski definition) is 3. The van der Waals surface area contributed by atoms with Gasteiger partial charge in [-0.15, -0.1) is 0 Å². The molecule has 5 heteroatoms. The zero-order chi connectivity index (χ0) is 21.2. The van der Waals surface area contributed by atoms with Crippen LogP contribution in [0.2, 0.25) is 0 Å². The van der Waals surface area contributed by atoms with E-state index in [1.807, 2.05) is 62.4 Å². The molecule has 2 aromatic carbocycles. The maximum atomic E-state index is 13.0. The monoisotopic (exact) mass is 396 g/mol. The molecule has 0 fully saturated rings. The molecule has 2 aromatic rings. The Hall–Kier alpha value is -2.82. The van der Waals surface area contributed by atoms with Gasteiger partial charge in [0.05, 0.1) is 0 Å². The first-order valence-electron chi connectivity index (χ1n) is 10.2. The third-order valence-corrected chi connectivity index (χ3v) is 4.82. The Kier molecular flexibility index (Phi) is 8.71. The minimum absolute atomic E-state index is 0.110. The topological polar surface area (TPSA) is 58.6 Å². The van der Waals surface area contributed by atoms with Crippen LogP contribution < -0.4 is 10.1 Å². The number of carbonyl (C=O) groups is 2. The molecule has 2 rings (SSSR count). The number of benzene rings is 2. The predicted molar refractivity (Wildman–Crippen MR) is 116 cm³/mol. The van der Waals surface area contributed by atoms with E-state index in [2.05, 4.69) is 12.2 Å². The first kappa shape index (κ1) is 22.5. The summed E-state index contributed by atoms with van der Waals surface area (Å²) in [6.45, 7) is 8.72. The lowest BCUT2D eigenvalue weighted by Gasteiger charge is -2.29. The van der Waals surface area contributed by atoms with Gasteiger partial charge in [-0.2, -0.15) is 0 Å². The molecule has 29 heavy (non-hydrogen) atoms. The number of unbranched alkanes of at least 4 members (excludes halogenated alkanes) is 1. The summed E-state index contributed by atoms with van der Waals surface area (Å²) >= 11 is 0. The van der Waals surface area contributed by atoms with Gasteiger partial charge in [0.1, 0.15) is 11.8 Å². The summed E-state index contributed by atoms with van der Waals surface area (Å²) in [4.78, 5) is 27.1. The van der Waals surface area contributed by atoms with E-state index in [0.29, 0.717) is 18.8 Å². The van der Waals surface area contributed by atoms with E-state index in [4.69, 9.17) is 4.74 Å². The molecule has 0 radical (unpaired) electrons. The third kappa shape index (κ3) is 7.26. The van der Waals surface area contributed by atoms with Gasteiger partial charge in [-0.25, -0.2) is 0 Å². The van der Waals surface area contributed by atoms with Gasteiger partial charge in [0.15, 0.2) is 6.61 Å². The van der Waals surface area contributed by atoms with E-state index < -0.39 is 6.04 Å². The summed E-state index contributed by atoms with van der Waals surface area (Å²) in [5.74, 6) is 0.277. The first-order valence-corrected chi connectivity index (χ1v) is 10.2. The van der Waals surface area contributed by atoms with E-state index in [1.165, 1.54) is 0 Å². The highest BCUT2D eigenvalue weighted by atomic mass is 16.5. The third-order valence-electron chi connectivity index (χ3n) is 4.82. The SMILES string of the molecule is CCCCNC(=O)[C@H](C)N(Cc1cccc(C)c1)C(=O)COc1ccc(C)cc1. The van der Waals surface area contributed by atoms with E-state index in [-0.39, 0.29) is 18.4 Å². The highest BCUT2D eigenvalue weighted by Gasteiger charge is 2.26. The van der Waals surface area contributed by atoms with Crippen LogP contribution >= 0.6 is 0 Å². The highest BCUT2D eigenvalue weighted by Crippen LogP contribution is 2.14. The molecule has 0 bridgehead atoms. The number of hydrogen-bond donors (Lipinski definition) is 1. The second-order valence-electron chi connectivity index (χ2n) is 7.43. The fourth-order valence-electron chi connectivity index (χ4n) is 2.99. The molecule has 0 aliphatic carbocycles. The number of ether oxygens (including phenoxy) is 1. The largest absolute Gasteiger partial charge is 0.484 e. The summed E-state index contributed by atoms with van der Waals surface area (Å²) < 4.78 is 5.67. The summed E-state index contributed by atoms with van der Waals surface area (Å²) in [7, 11) is 0. The van der Waals surface area contributed by atoms with Crippen LogP contribution in [0.5, 0.6) is 5.75 Å². The Balaban J connectivity index is 2.10. The van der Waals surface area contributed by atoms with Crippen molar-refractivity contribution < 1.29 is 14.3 Å². The van der Waals surface area contributed by atoms with Crippen molar-refractivity contribution in [3.05, 3.63) is 65.2 Å². The normalized spacial score (nSPS) is 11.6. The molecule has 5 nitrogen and oxygen atoms in total. The number of nitrogens with zero attached hydrogens (tertiary/aromatic N) is 1. The second kappa shape index (κ2) is 11.2. The van der Waals surface area contributed by atoms with Crippen molar-refractivity contribution in [2.75, 3.05) is 13.2 Å². The summed E-state index contributed by atoms with van der Waals surface area (Å²) in [5, 5.41) is 2.92. The Morgan fingerprint density at radius 2 is 1.79 bits per heavy atom. The van der Waals surface area contributed by atoms with Crippen LogP contribution in [-0.4, -0.2) is 35.9 Å². The average molecular weight is 397 g/mol. The van der Waals surface area contributed by atoms with Gasteiger partial charge in [-0.05, 0) is 44.9 Å². The smallest absolute Gasteiger partial charge is 0.261 e. The number of aryl methyl sites for hydroxylation is 2. The zero-order valence-electron chi connectivity index (χ0n) is 17.9. The Bertz CT molecular complexity index is 802. The van der Waals surface area contributed by atoms with Crippen molar-refractivity contribution in [2.24, 2.45) is 0 Å². The van der Waals surface area contributed by atoms with Crippen molar-refractivity contribution in [2.45, 2.75) is 53.1 Å². The van der Waals surface area contributed by atoms with E-state index in [9.17, 15) is 9.59 Å². The van der Waals surface area contributed by atoms with Crippen LogP contribution in [0, 0.1) is 13.8 Å². The van der Waals surface area contributed by atoms with Gasteiger partial charge in [0.2, 0.25) is 5.91 Å². The lowest BCUT2D eigenvalue weighted by molar-refractivity contribution is -0.142. The molecular formula is C24H32N2O3. The minimum atomic E-state index is -0.582. The molecule has 156 valence electrons. The summed E-state index contributed by atoms with van der Waals surface area (Å²) in [6.07, 6.45) is 1.92. The molecule has 2 amide bonds. The fourth-order valence-corrected chi connectivity index (χ4v) is 2.99. The fraction of sp³-hybridized carbons (Fsp3) is 0.417. The number of carbonyl (C=O) groups excluding carboxylic acids is 2. The van der Waals surface area contributed by atoms with Gasteiger partial charge in [0, 0.05) is 13.1 Å². The van der Waals surface area contributed by atoms with Crippen LogP contribution in [0.25, 0.3) is 0 Å². The molecule has 0 unspecified atom stereocenters. The molecule has 1 atom stereocenters. The highest BCUT2D eigenvalue weighted by molar-refractivity contribution is 5.87. The molecule has 0 saturated carbocycles. The molecule has 0 spiro atoms. The van der Waals surface area contributed by atoms with Crippen LogP contribution in [0.3, 0.4) is 0 Å². The van der Waals surface area contributed by atoms with Crippen molar-refractivity contribution in [3.8, 4) is 5.75 Å². The maximum Gasteiger partial charge on any atom is 0.261 e. The van der Waals surface area contributed by atoms with E-state index in [0.717, 1.165) is 29.5 Å². The molecule has 0 aliphatic heterocycles. The van der Waals surface area contributed by atoms with Crippen LogP contribution in [0.4, 0.5) is 0 Å². The lowest BCUT2D eigenvalue weighted by Crippen LogP contribution is -2.49. The molecule has 0 heterocycles. The van der Waals surface area contributed by atoms with Gasteiger partial charge < -0.3 is 15.0 Å². The average Bonchev–Trinajstić information content (AvgIpc) is 2.71. The van der Waals surface area contributed by atoms with Crippen LogP contribution in [0.15, 0.2) is 48.5 Å². The molecule has 0 aliphatic rings. The van der Waals surface area contributed by atoms with Gasteiger partial charge in [-0.1, -0.05) is 60.9 Å². The number of amides is 2. The minimum Gasteiger partial charge on any atom is -0.484 e. The Morgan fingerprint density at radius 1 is 1.07 bits per heavy atom. The Labute approximate surface area is 174 Å². The van der Waals surface area contributed by atoms with Gasteiger partial charge in [-0.3, -0.25) is 9.59 Å². The van der Waals surface area contributed by atoms with Crippen molar-refractivity contribution in [1.82, 2.24) is 10.2 Å². The second-order valence-corrected chi connectivity index (χ2v) is 7.43. The number of rotatable bonds is 10. The lowest BCUT2D eigenvalue weighted by atomic mass is 10.1. The van der Waals surface area contributed by atoms with E-state index in [1.54, 1.807) is 11.8 Å². The molecule has 0 aromatic heterocycles. The first-order chi connectivity index (χ1) is 13.9. The van der Waals surface area contributed by atoms with Gasteiger partial charge in [0.25, 0.3) is 5.91 Å². The summed E-state index contributed by atoms with van der Waals surface area (Å²) in [5.41, 5.74) is 3.23. The molecule has 0 saturated heterocycles. The van der Waals surface area contributed by atoms with Crippen LogP contribution in [-0.2, 0) is 16.1 Å². The van der Waals surface area contributed by atoms with Gasteiger partial charge >= 0.3 is 0 Å². The van der Waals surface area contributed by atoms with Crippen molar-refractivity contribution in [1.29, 1.82) is 0 Å². The molecule has 1 N–H and O–H groups in total. The quantitative estimate of drug-likeness (QED) is 0.617. The summed E-state index contributed by atoms with van der Waals surface area (Å²) in [6, 6.07) is 14.9. The Morgan fingerprint density at radius 3 is 2.45 bits per heavy atom. The van der Waals surface area contributed by atoms with Crippen molar-refractivity contribution in [3.63, 3.8) is 0 Å². The zero-order valence-corrected chi connectivity index (χ0v) is 17.9. The number of nitrogens with one attached hydrogen (secondary N) is 1. The molecular weight excluding hydrogens is 364 g/mol.